The SMILES string of the molecule is CCN(CCCNC(=NC)N1CC(C)(C)C1(C)C)S(C)(=O)=O.I. The van der Waals surface area contributed by atoms with Crippen LogP contribution in [0.1, 0.15) is 41.0 Å². The Morgan fingerprint density at radius 2 is 1.87 bits per heavy atom. The molecule has 0 aromatic rings. The van der Waals surface area contributed by atoms with E-state index in [1.807, 2.05) is 6.92 Å². The first-order valence-corrected chi connectivity index (χ1v) is 9.75. The second kappa shape index (κ2) is 8.33. The highest BCUT2D eigenvalue weighted by Gasteiger charge is 2.53. The number of rotatable bonds is 6. The molecule has 0 saturated carbocycles. The molecule has 1 heterocycles. The molecule has 0 atom stereocenters. The van der Waals surface area contributed by atoms with Crippen molar-refractivity contribution in [3.63, 3.8) is 0 Å². The number of hydrogen-bond donors (Lipinski definition) is 1. The van der Waals surface area contributed by atoms with E-state index >= 15 is 0 Å². The molecule has 0 unspecified atom stereocenters. The molecule has 1 saturated heterocycles. The maximum absolute atomic E-state index is 11.5. The van der Waals surface area contributed by atoms with Gasteiger partial charge in [0.25, 0.3) is 0 Å². The summed E-state index contributed by atoms with van der Waals surface area (Å²) in [6, 6.07) is 0. The van der Waals surface area contributed by atoms with Crippen molar-refractivity contribution in [2.75, 3.05) is 39.5 Å². The molecule has 0 bridgehead atoms. The van der Waals surface area contributed by atoms with Crippen LogP contribution in [0.5, 0.6) is 0 Å². The van der Waals surface area contributed by atoms with Gasteiger partial charge in [0, 0.05) is 44.2 Å². The lowest BCUT2D eigenvalue weighted by Crippen LogP contribution is -2.72. The van der Waals surface area contributed by atoms with Crippen molar-refractivity contribution < 1.29 is 8.42 Å². The van der Waals surface area contributed by atoms with Crippen LogP contribution in [0.3, 0.4) is 0 Å². The summed E-state index contributed by atoms with van der Waals surface area (Å²) in [6.07, 6.45) is 2.02. The summed E-state index contributed by atoms with van der Waals surface area (Å²) >= 11 is 0. The Bertz CT molecular complexity index is 518. The standard InChI is InChI=1S/C15H32N4O2S.HI/c1-8-18(22(7,20)21)11-9-10-17-13(16-6)19-12-14(2,3)15(19,4)5;/h8-12H2,1-7H3,(H,16,17);1H. The van der Waals surface area contributed by atoms with Crippen molar-refractivity contribution in [3.05, 3.63) is 0 Å². The number of nitrogens with zero attached hydrogens (tertiary/aromatic N) is 3. The zero-order chi connectivity index (χ0) is 17.2. The van der Waals surface area contributed by atoms with Crippen LogP contribution in [-0.4, -0.2) is 68.6 Å². The fourth-order valence-corrected chi connectivity index (χ4v) is 3.64. The predicted molar refractivity (Wildman–Crippen MR) is 108 cm³/mol. The maximum atomic E-state index is 11.5. The van der Waals surface area contributed by atoms with Crippen molar-refractivity contribution in [2.24, 2.45) is 10.4 Å². The molecule has 1 aliphatic rings. The minimum Gasteiger partial charge on any atom is -0.356 e. The van der Waals surface area contributed by atoms with E-state index in [1.54, 1.807) is 7.05 Å². The first-order chi connectivity index (χ1) is 9.97. The van der Waals surface area contributed by atoms with Crippen LogP contribution in [0.4, 0.5) is 0 Å². The third kappa shape index (κ3) is 5.19. The number of guanidine groups is 1. The first kappa shape index (κ1) is 22.9. The van der Waals surface area contributed by atoms with Crippen LogP contribution < -0.4 is 5.32 Å². The minimum atomic E-state index is -3.10. The van der Waals surface area contributed by atoms with Gasteiger partial charge in [0.15, 0.2) is 5.96 Å². The lowest BCUT2D eigenvalue weighted by molar-refractivity contribution is -0.0667. The summed E-state index contributed by atoms with van der Waals surface area (Å²) < 4.78 is 24.6. The summed E-state index contributed by atoms with van der Waals surface area (Å²) in [7, 11) is -1.31. The fraction of sp³-hybridized carbons (Fsp3) is 0.933. The topological polar surface area (TPSA) is 65.0 Å². The Hall–Kier alpha value is -0.0900. The van der Waals surface area contributed by atoms with Gasteiger partial charge < -0.3 is 10.2 Å². The van der Waals surface area contributed by atoms with Crippen molar-refractivity contribution in [1.82, 2.24) is 14.5 Å². The van der Waals surface area contributed by atoms with Gasteiger partial charge in [-0.3, -0.25) is 4.99 Å². The Morgan fingerprint density at radius 1 is 1.30 bits per heavy atom. The number of nitrogens with one attached hydrogen (secondary N) is 1. The van der Waals surface area contributed by atoms with E-state index in [9.17, 15) is 8.42 Å². The molecular formula is C15H33IN4O2S. The van der Waals surface area contributed by atoms with E-state index in [1.165, 1.54) is 10.6 Å². The quantitative estimate of drug-likeness (QED) is 0.285. The molecule has 1 fully saturated rings. The van der Waals surface area contributed by atoms with Crippen molar-refractivity contribution in [2.45, 2.75) is 46.6 Å². The van der Waals surface area contributed by atoms with Gasteiger partial charge in [-0.2, -0.15) is 0 Å². The minimum absolute atomic E-state index is 0. The summed E-state index contributed by atoms with van der Waals surface area (Å²) in [6.45, 7) is 13.6. The van der Waals surface area contributed by atoms with Gasteiger partial charge in [-0.15, -0.1) is 24.0 Å². The monoisotopic (exact) mass is 460 g/mol. The highest BCUT2D eigenvalue weighted by atomic mass is 127. The van der Waals surface area contributed by atoms with Gasteiger partial charge in [-0.1, -0.05) is 20.8 Å². The fourth-order valence-electron chi connectivity index (χ4n) is 2.71. The molecule has 0 amide bonds. The molecule has 138 valence electrons. The molecule has 0 aromatic heterocycles. The third-order valence-electron chi connectivity index (χ3n) is 5.04. The van der Waals surface area contributed by atoms with Gasteiger partial charge in [-0.05, 0) is 20.3 Å². The number of hydrogen-bond acceptors (Lipinski definition) is 3. The Morgan fingerprint density at radius 3 is 2.22 bits per heavy atom. The highest BCUT2D eigenvalue weighted by Crippen LogP contribution is 2.46. The Labute approximate surface area is 159 Å². The van der Waals surface area contributed by atoms with Crippen molar-refractivity contribution in [1.29, 1.82) is 0 Å². The number of halogens is 1. The molecule has 0 aromatic carbocycles. The summed E-state index contributed by atoms with van der Waals surface area (Å²) in [5, 5.41) is 3.35. The number of likely N-dealkylation sites (tertiary alicyclic amines) is 1. The molecule has 1 N–H and O–H groups in total. The molecule has 6 nitrogen and oxygen atoms in total. The molecule has 23 heavy (non-hydrogen) atoms. The molecule has 0 radical (unpaired) electrons. The van der Waals surface area contributed by atoms with Crippen molar-refractivity contribution in [3.8, 4) is 0 Å². The summed E-state index contributed by atoms with van der Waals surface area (Å²) in [4.78, 5) is 6.64. The largest absolute Gasteiger partial charge is 0.356 e. The van der Waals surface area contributed by atoms with E-state index in [4.69, 9.17) is 0 Å². The van der Waals surface area contributed by atoms with E-state index in [0.29, 0.717) is 19.6 Å². The second-order valence-corrected chi connectivity index (χ2v) is 9.09. The van der Waals surface area contributed by atoms with Crippen LogP contribution in [0.2, 0.25) is 0 Å². The van der Waals surface area contributed by atoms with E-state index in [2.05, 4.69) is 42.9 Å². The molecule has 0 aliphatic carbocycles. The van der Waals surface area contributed by atoms with Gasteiger partial charge in [0.1, 0.15) is 0 Å². The van der Waals surface area contributed by atoms with Crippen LogP contribution in [0.15, 0.2) is 4.99 Å². The summed E-state index contributed by atoms with van der Waals surface area (Å²) in [5.41, 5.74) is 0.330. The van der Waals surface area contributed by atoms with E-state index in [0.717, 1.165) is 18.9 Å². The van der Waals surface area contributed by atoms with Crippen molar-refractivity contribution >= 4 is 40.0 Å². The maximum Gasteiger partial charge on any atom is 0.211 e. The smallest absolute Gasteiger partial charge is 0.211 e. The molecule has 1 aliphatic heterocycles. The van der Waals surface area contributed by atoms with Gasteiger partial charge in [0.05, 0.1) is 6.26 Å². The molecule has 8 heteroatoms. The average molecular weight is 460 g/mol. The molecular weight excluding hydrogens is 427 g/mol. The normalized spacial score (nSPS) is 20.0. The number of aliphatic imine (C=N–C) groups is 1. The lowest BCUT2D eigenvalue weighted by atomic mass is 9.65. The average Bonchev–Trinajstić information content (AvgIpc) is 2.39. The Kier molecular flexibility index (Phi) is 8.30. The van der Waals surface area contributed by atoms with E-state index in [-0.39, 0.29) is 34.9 Å². The van der Waals surface area contributed by atoms with Crippen LogP contribution in [0.25, 0.3) is 0 Å². The first-order valence-electron chi connectivity index (χ1n) is 7.91. The van der Waals surface area contributed by atoms with Crippen LogP contribution in [0, 0.1) is 5.41 Å². The van der Waals surface area contributed by atoms with Crippen LogP contribution in [-0.2, 0) is 10.0 Å². The Balaban J connectivity index is 0.00000484. The van der Waals surface area contributed by atoms with Gasteiger partial charge >= 0.3 is 0 Å². The zero-order valence-electron chi connectivity index (χ0n) is 15.5. The van der Waals surface area contributed by atoms with Gasteiger partial charge in [0.2, 0.25) is 10.0 Å². The van der Waals surface area contributed by atoms with E-state index < -0.39 is 10.0 Å². The number of sulfonamides is 1. The molecule has 0 spiro atoms. The second-order valence-electron chi connectivity index (χ2n) is 7.11. The summed E-state index contributed by atoms with van der Waals surface area (Å²) in [5.74, 6) is 0.895. The predicted octanol–water partition coefficient (Wildman–Crippen LogP) is 1.97. The highest BCUT2D eigenvalue weighted by molar-refractivity contribution is 14.0. The lowest BCUT2D eigenvalue weighted by Gasteiger charge is -2.62. The zero-order valence-corrected chi connectivity index (χ0v) is 18.7. The van der Waals surface area contributed by atoms with Crippen LogP contribution >= 0.6 is 24.0 Å². The third-order valence-corrected chi connectivity index (χ3v) is 6.42. The molecule has 1 rings (SSSR count). The van der Waals surface area contributed by atoms with Gasteiger partial charge in [-0.25, -0.2) is 12.7 Å².